The molecule has 0 aliphatic carbocycles. The van der Waals surface area contributed by atoms with Crippen LogP contribution < -0.4 is 15.4 Å². The summed E-state index contributed by atoms with van der Waals surface area (Å²) in [4.78, 5) is 47.8. The Hall–Kier alpha value is -4.66. The lowest BCUT2D eigenvalue weighted by Crippen LogP contribution is -2.21. The Labute approximate surface area is 188 Å². The third kappa shape index (κ3) is 5.34. The van der Waals surface area contributed by atoms with Crippen LogP contribution in [-0.4, -0.2) is 41.0 Å². The number of hydrogen-bond acceptors (Lipinski definition) is 5. The van der Waals surface area contributed by atoms with Crippen LogP contribution in [-0.2, 0) is 0 Å². The van der Waals surface area contributed by atoms with Crippen LogP contribution in [0.25, 0.3) is 0 Å². The van der Waals surface area contributed by atoms with Crippen LogP contribution >= 0.6 is 0 Å². The molecule has 168 valence electrons. The van der Waals surface area contributed by atoms with Crippen molar-refractivity contribution >= 4 is 29.4 Å². The van der Waals surface area contributed by atoms with E-state index >= 15 is 0 Å². The quantitative estimate of drug-likeness (QED) is 0.431. The number of nitrogens with one attached hydrogen (secondary N) is 2. The second kappa shape index (κ2) is 9.65. The summed E-state index contributed by atoms with van der Waals surface area (Å²) < 4.78 is 5.66. The molecular formula is C24H20N2O7. The van der Waals surface area contributed by atoms with Gasteiger partial charge in [-0.25, -0.2) is 9.59 Å². The average Bonchev–Trinajstić information content (AvgIpc) is 2.79. The van der Waals surface area contributed by atoms with Gasteiger partial charge < -0.3 is 25.6 Å². The highest BCUT2D eigenvalue weighted by Gasteiger charge is 2.20. The first-order chi connectivity index (χ1) is 15.7. The zero-order valence-electron chi connectivity index (χ0n) is 17.7. The number of carboxylic acid groups (broad SMARTS) is 2. The molecule has 2 amide bonds. The Balaban J connectivity index is 1.93. The molecule has 0 fully saturated rings. The number of hydrogen-bond donors (Lipinski definition) is 4. The number of ether oxygens (including phenoxy) is 1. The van der Waals surface area contributed by atoms with Crippen molar-refractivity contribution in [3.63, 3.8) is 0 Å². The summed E-state index contributed by atoms with van der Waals surface area (Å²) in [7, 11) is 1.38. The van der Waals surface area contributed by atoms with E-state index in [9.17, 15) is 29.4 Å². The molecule has 0 aliphatic heterocycles. The van der Waals surface area contributed by atoms with Crippen molar-refractivity contribution in [3.05, 3.63) is 88.5 Å². The highest BCUT2D eigenvalue weighted by atomic mass is 16.5. The van der Waals surface area contributed by atoms with E-state index in [2.05, 4.69) is 10.6 Å². The lowest BCUT2D eigenvalue weighted by Gasteiger charge is -2.12. The van der Waals surface area contributed by atoms with E-state index < -0.39 is 23.8 Å². The van der Waals surface area contributed by atoms with Crippen LogP contribution in [0.4, 0.5) is 5.69 Å². The van der Waals surface area contributed by atoms with Gasteiger partial charge in [0.05, 0.1) is 22.3 Å². The minimum absolute atomic E-state index is 0.0447. The maximum absolute atomic E-state index is 12.8. The molecule has 0 saturated carbocycles. The molecular weight excluding hydrogens is 428 g/mol. The molecule has 0 unspecified atom stereocenters. The van der Waals surface area contributed by atoms with E-state index in [0.717, 1.165) is 5.56 Å². The molecule has 3 rings (SSSR count). The van der Waals surface area contributed by atoms with Crippen molar-refractivity contribution in [2.24, 2.45) is 0 Å². The molecule has 33 heavy (non-hydrogen) atoms. The van der Waals surface area contributed by atoms with Crippen molar-refractivity contribution in [2.75, 3.05) is 12.4 Å². The number of carbonyl (C=O) groups is 4. The molecule has 0 spiro atoms. The molecule has 0 aromatic heterocycles. The maximum Gasteiger partial charge on any atom is 0.336 e. The molecule has 0 radical (unpaired) electrons. The van der Waals surface area contributed by atoms with Gasteiger partial charge in [0.25, 0.3) is 11.8 Å². The molecule has 0 saturated heterocycles. The molecule has 0 bridgehead atoms. The summed E-state index contributed by atoms with van der Waals surface area (Å²) in [6.07, 6.45) is 0. The Kier molecular flexibility index (Phi) is 6.73. The number of carboxylic acids is 2. The number of aryl methyl sites for hydroxylation is 1. The first-order valence-corrected chi connectivity index (χ1v) is 9.72. The zero-order valence-corrected chi connectivity index (χ0v) is 17.7. The smallest absolute Gasteiger partial charge is 0.336 e. The Morgan fingerprint density at radius 2 is 1.24 bits per heavy atom. The van der Waals surface area contributed by atoms with Gasteiger partial charge in [0.1, 0.15) is 11.5 Å². The van der Waals surface area contributed by atoms with Gasteiger partial charge in [0.15, 0.2) is 0 Å². The van der Waals surface area contributed by atoms with Crippen LogP contribution in [0.15, 0.2) is 60.7 Å². The number of carbonyl (C=O) groups excluding carboxylic acids is 2. The SMILES string of the molecule is CNC(=O)c1ccc(Oc2ccc(C(=O)O)c(C(=O)Nc3ccc(C)cc3)c2)cc1C(=O)O. The van der Waals surface area contributed by atoms with Crippen molar-refractivity contribution in [1.82, 2.24) is 5.32 Å². The van der Waals surface area contributed by atoms with Crippen molar-refractivity contribution in [2.45, 2.75) is 6.92 Å². The molecule has 0 heterocycles. The normalized spacial score (nSPS) is 10.2. The first-order valence-electron chi connectivity index (χ1n) is 9.72. The number of benzene rings is 3. The predicted molar refractivity (Wildman–Crippen MR) is 119 cm³/mol. The van der Waals surface area contributed by atoms with Gasteiger partial charge in [-0.3, -0.25) is 9.59 Å². The number of anilines is 1. The van der Waals surface area contributed by atoms with Gasteiger partial charge in [-0.2, -0.15) is 0 Å². The molecule has 0 aliphatic rings. The summed E-state index contributed by atoms with van der Waals surface area (Å²) in [6.45, 7) is 1.89. The zero-order chi connectivity index (χ0) is 24.1. The standard InChI is InChI=1S/C24H20N2O7/c1-13-3-5-14(6-4-13)26-22(28)19-11-15(8-10-18(19)23(29)30)33-16-7-9-17(21(27)25-2)20(12-16)24(31)32/h3-12H,1-2H3,(H,25,27)(H,26,28)(H,29,30)(H,31,32). The van der Waals surface area contributed by atoms with E-state index in [1.54, 1.807) is 24.3 Å². The third-order valence-corrected chi connectivity index (χ3v) is 4.70. The fourth-order valence-electron chi connectivity index (χ4n) is 3.03. The number of aromatic carboxylic acids is 2. The number of amides is 2. The van der Waals surface area contributed by atoms with E-state index in [1.807, 2.05) is 6.92 Å². The average molecular weight is 448 g/mol. The molecule has 4 N–H and O–H groups in total. The summed E-state index contributed by atoms with van der Waals surface area (Å²) >= 11 is 0. The third-order valence-electron chi connectivity index (χ3n) is 4.70. The lowest BCUT2D eigenvalue weighted by molar-refractivity contribution is 0.0682. The van der Waals surface area contributed by atoms with Gasteiger partial charge in [0, 0.05) is 12.7 Å². The highest BCUT2D eigenvalue weighted by Crippen LogP contribution is 2.27. The van der Waals surface area contributed by atoms with E-state index in [4.69, 9.17) is 4.74 Å². The summed E-state index contributed by atoms with van der Waals surface area (Å²) in [5.74, 6) is -3.63. The summed E-state index contributed by atoms with van der Waals surface area (Å²) in [5, 5.41) is 23.9. The number of rotatable bonds is 7. The van der Waals surface area contributed by atoms with Crippen LogP contribution in [0, 0.1) is 6.92 Å². The molecule has 3 aromatic carbocycles. The fraction of sp³-hybridized carbons (Fsp3) is 0.0833. The van der Waals surface area contributed by atoms with Crippen molar-refractivity contribution < 1.29 is 34.1 Å². The minimum atomic E-state index is -1.32. The lowest BCUT2D eigenvalue weighted by atomic mass is 10.1. The monoisotopic (exact) mass is 448 g/mol. The van der Waals surface area contributed by atoms with Gasteiger partial charge in [-0.15, -0.1) is 0 Å². The van der Waals surface area contributed by atoms with Crippen molar-refractivity contribution in [1.29, 1.82) is 0 Å². The predicted octanol–water partition coefficient (Wildman–Crippen LogP) is 3.80. The second-order valence-corrected chi connectivity index (χ2v) is 7.03. The Bertz CT molecular complexity index is 1250. The molecule has 9 nitrogen and oxygen atoms in total. The van der Waals surface area contributed by atoms with Crippen LogP contribution in [0.3, 0.4) is 0 Å². The van der Waals surface area contributed by atoms with E-state index in [1.165, 1.54) is 43.4 Å². The van der Waals surface area contributed by atoms with Gasteiger partial charge >= 0.3 is 11.9 Å². The second-order valence-electron chi connectivity index (χ2n) is 7.03. The van der Waals surface area contributed by atoms with Gasteiger partial charge in [-0.05, 0) is 55.5 Å². The Morgan fingerprint density at radius 1 is 0.697 bits per heavy atom. The maximum atomic E-state index is 12.8. The fourth-order valence-corrected chi connectivity index (χ4v) is 3.03. The molecule has 3 aromatic rings. The van der Waals surface area contributed by atoms with Crippen LogP contribution in [0.5, 0.6) is 11.5 Å². The molecule has 0 atom stereocenters. The molecule has 9 heteroatoms. The van der Waals surface area contributed by atoms with E-state index in [0.29, 0.717) is 5.69 Å². The Morgan fingerprint density at radius 3 is 1.79 bits per heavy atom. The van der Waals surface area contributed by atoms with Crippen LogP contribution in [0.1, 0.15) is 47.0 Å². The van der Waals surface area contributed by atoms with Crippen LogP contribution in [0.2, 0.25) is 0 Å². The largest absolute Gasteiger partial charge is 0.478 e. The summed E-state index contributed by atoms with van der Waals surface area (Å²) in [5.41, 5.74) is 0.805. The van der Waals surface area contributed by atoms with Gasteiger partial charge in [0.2, 0.25) is 0 Å². The van der Waals surface area contributed by atoms with Crippen molar-refractivity contribution in [3.8, 4) is 11.5 Å². The topological polar surface area (TPSA) is 142 Å². The first kappa shape index (κ1) is 23.0. The minimum Gasteiger partial charge on any atom is -0.478 e. The highest BCUT2D eigenvalue weighted by molar-refractivity contribution is 6.11. The van der Waals surface area contributed by atoms with Gasteiger partial charge in [-0.1, -0.05) is 17.7 Å². The summed E-state index contributed by atoms with van der Waals surface area (Å²) in [6, 6.07) is 14.7. The van der Waals surface area contributed by atoms with E-state index in [-0.39, 0.29) is 33.8 Å².